The van der Waals surface area contributed by atoms with Gasteiger partial charge in [-0.1, -0.05) is 21.6 Å². The SMILES string of the molecule is [B]B=S(=B[B])(B([B])[B])C(=O)CNC(=O)C(CC(=O)CNC(=O)C(CCC(=O)NCC(=O)CC(CC(C)C)C(=O)NCC(=O)P([B])C)CC(=O)CCC(CCC(=O)CCOCC)C(=O)NCCOCCOC)CC(C)C. The summed E-state index contributed by atoms with van der Waals surface area (Å²) >= 11 is 0. The van der Waals surface area contributed by atoms with E-state index in [0.29, 0.717) is 26.2 Å². The predicted molar refractivity (Wildman–Crippen MR) is 300 cm³/mol. The average molecular weight is 1070 g/mol. The number of hydrogen-bond donors (Lipinski definition) is 5. The van der Waals surface area contributed by atoms with Gasteiger partial charge in [-0.25, -0.2) is 0 Å². The number of Topliss-reactive ketones (excluding diaryl/α,β-unsaturated/α-hetero) is 4. The van der Waals surface area contributed by atoms with Crippen LogP contribution in [-0.4, -0.2) is 199 Å². The number of hydrogen-bond acceptors (Lipinski definition) is 14. The Morgan fingerprint density at radius 3 is 1.55 bits per heavy atom. The molecule has 5 N–H and O–H groups in total. The summed E-state index contributed by atoms with van der Waals surface area (Å²) in [6.07, 6.45) is -0.704. The van der Waals surface area contributed by atoms with Gasteiger partial charge in [-0.3, -0.25) is 33.6 Å². The van der Waals surface area contributed by atoms with Crippen LogP contribution in [0.1, 0.15) is 112 Å². The normalized spacial score (nSPS) is 13.2. The molecule has 19 nitrogen and oxygen atoms in total. The summed E-state index contributed by atoms with van der Waals surface area (Å²) in [6, 6.07) is 2.03. The first-order chi connectivity index (χ1) is 35.4. The van der Waals surface area contributed by atoms with E-state index in [2.05, 4.69) is 26.6 Å². The molecule has 0 heterocycles. The van der Waals surface area contributed by atoms with Gasteiger partial charge < -0.3 is 30.2 Å². The molecule has 0 aromatic heterocycles. The fourth-order valence-corrected chi connectivity index (χ4v) is 9.29. The van der Waals surface area contributed by atoms with Crippen LogP contribution in [-0.2, 0) is 67.0 Å². The quantitative estimate of drug-likeness (QED) is 0.0300. The molecule has 0 aromatic carbocycles. The molecule has 5 unspecified atom stereocenters. The third-order valence-corrected chi connectivity index (χ3v) is 15.5. The van der Waals surface area contributed by atoms with Gasteiger partial charge in [-0.15, -0.1) is 0 Å². The molecule has 0 aliphatic heterocycles. The summed E-state index contributed by atoms with van der Waals surface area (Å²) in [7, 11) is 25.9. The predicted octanol–water partition coefficient (Wildman–Crippen LogP) is -0.218. The molecule has 0 saturated carbocycles. The van der Waals surface area contributed by atoms with Crippen LogP contribution >= 0.6 is 16.5 Å². The summed E-state index contributed by atoms with van der Waals surface area (Å²) in [5.41, 5.74) is -0.320. The van der Waals surface area contributed by atoms with Crippen molar-refractivity contribution in [2.24, 2.45) is 35.5 Å². The zero-order chi connectivity index (χ0) is 57.1. The monoisotopic (exact) mass is 1070 g/mol. The number of nitrogens with one attached hydrogen (secondary N) is 5. The van der Waals surface area contributed by atoms with Crippen molar-refractivity contribution >= 4 is 136 Å². The molecule has 10 radical (unpaired) electrons. The van der Waals surface area contributed by atoms with Gasteiger partial charge in [0.2, 0.25) is 17.7 Å². The van der Waals surface area contributed by atoms with E-state index in [-0.39, 0.29) is 114 Å². The molecule has 0 aliphatic rings. The molecule has 29 heteroatoms. The van der Waals surface area contributed by atoms with Crippen molar-refractivity contribution in [3.63, 3.8) is 0 Å². The van der Waals surface area contributed by atoms with E-state index in [0.717, 1.165) is 12.1 Å². The summed E-state index contributed by atoms with van der Waals surface area (Å²) in [4.78, 5) is 144. The molecular formula is C46H76B8N5O14PS. The van der Waals surface area contributed by atoms with E-state index in [1.165, 1.54) is 7.11 Å². The number of carbonyl (C=O) groups excluding carboxylic acids is 11. The van der Waals surface area contributed by atoms with E-state index >= 15 is 0 Å². The Labute approximate surface area is 454 Å². The minimum atomic E-state index is -2.77. The average Bonchev–Trinajstić information content (AvgIpc) is 3.35. The maximum atomic E-state index is 13.8. The second-order valence-corrected chi connectivity index (χ2v) is 23.9. The minimum absolute atomic E-state index is 0.0238. The van der Waals surface area contributed by atoms with Crippen molar-refractivity contribution in [1.29, 1.82) is 0 Å². The third kappa shape index (κ3) is 31.5. The number of carbonyl (C=O) groups is 11. The number of rotatable bonds is 43. The Morgan fingerprint density at radius 2 is 1.04 bits per heavy atom. The van der Waals surface area contributed by atoms with Gasteiger partial charge in [0.25, 0.3) is 0 Å². The Balaban J connectivity index is 6.26. The van der Waals surface area contributed by atoms with E-state index < -0.39 is 124 Å². The van der Waals surface area contributed by atoms with Crippen LogP contribution in [0.4, 0.5) is 0 Å². The summed E-state index contributed by atoms with van der Waals surface area (Å²) < 4.78 is 15.7. The van der Waals surface area contributed by atoms with Crippen molar-refractivity contribution in [1.82, 2.24) is 26.6 Å². The van der Waals surface area contributed by atoms with Crippen LogP contribution in [0.25, 0.3) is 0 Å². The van der Waals surface area contributed by atoms with E-state index in [9.17, 15) is 52.7 Å². The van der Waals surface area contributed by atoms with E-state index in [1.54, 1.807) is 13.6 Å². The Morgan fingerprint density at radius 1 is 0.560 bits per heavy atom. The van der Waals surface area contributed by atoms with Crippen molar-refractivity contribution in [3.05, 3.63) is 0 Å². The van der Waals surface area contributed by atoms with Gasteiger partial charge in [-0.05, 0) is 45.2 Å². The number of amides is 5. The van der Waals surface area contributed by atoms with E-state index in [1.807, 2.05) is 27.7 Å². The maximum absolute atomic E-state index is 13.8. The van der Waals surface area contributed by atoms with Crippen LogP contribution in [0.15, 0.2) is 0 Å². The van der Waals surface area contributed by atoms with Gasteiger partial charge in [0.05, 0.1) is 39.5 Å². The summed E-state index contributed by atoms with van der Waals surface area (Å²) in [6.45, 7) is 10.7. The Kier molecular flexibility index (Phi) is 38.8. The molecular weight excluding hydrogens is 996 g/mol. The number of methoxy groups -OCH3 is 1. The molecule has 5 atom stereocenters. The van der Waals surface area contributed by atoms with Crippen molar-refractivity contribution in [3.8, 4) is 0 Å². The fourth-order valence-electron chi connectivity index (χ4n) is 7.58. The number of ether oxygens (including phenoxy) is 3. The second kappa shape index (κ2) is 40.7. The molecule has 75 heavy (non-hydrogen) atoms. The van der Waals surface area contributed by atoms with Crippen molar-refractivity contribution in [2.75, 3.05) is 79.5 Å². The van der Waals surface area contributed by atoms with Crippen LogP contribution in [0.5, 0.6) is 0 Å². The van der Waals surface area contributed by atoms with Gasteiger partial charge in [0.15, 0.2) is 11.3 Å². The summed E-state index contributed by atoms with van der Waals surface area (Å²) in [5.74, 6) is -9.35. The van der Waals surface area contributed by atoms with E-state index in [4.69, 9.17) is 52.7 Å². The first-order valence-electron chi connectivity index (χ1n) is 25.4. The van der Waals surface area contributed by atoms with Crippen LogP contribution in [0, 0.1) is 35.5 Å². The zero-order valence-corrected chi connectivity index (χ0v) is 46.9. The van der Waals surface area contributed by atoms with Gasteiger partial charge in [0, 0.05) is 70.6 Å². The van der Waals surface area contributed by atoms with Gasteiger partial charge in [-0.2, -0.15) is 0 Å². The molecule has 404 valence electrons. The van der Waals surface area contributed by atoms with Crippen molar-refractivity contribution in [2.45, 2.75) is 112 Å². The first-order valence-corrected chi connectivity index (χ1v) is 29.1. The van der Waals surface area contributed by atoms with Gasteiger partial charge >= 0.3 is 168 Å². The molecule has 5 amide bonds. The molecule has 0 rings (SSSR count). The third-order valence-electron chi connectivity index (χ3n) is 11.8. The van der Waals surface area contributed by atoms with Crippen LogP contribution < -0.4 is 26.6 Å². The number of ketones is 4. The molecule has 0 aromatic rings. The molecule has 0 bridgehead atoms. The Hall–Kier alpha value is -3.45. The van der Waals surface area contributed by atoms with Crippen LogP contribution in [0.2, 0.25) is 0 Å². The molecule has 0 fully saturated rings. The zero-order valence-electron chi connectivity index (χ0n) is 45.2. The van der Waals surface area contributed by atoms with Crippen LogP contribution in [0.3, 0.4) is 0 Å². The van der Waals surface area contributed by atoms with Gasteiger partial charge in [0.1, 0.15) is 19.1 Å². The topological polar surface area (TPSA) is 276 Å². The molecule has 0 spiro atoms. The first kappa shape index (κ1) is 71.5. The molecule has 0 aliphatic carbocycles. The molecule has 0 saturated heterocycles. The fraction of sp³-hybridized carbons (Fsp3) is 0.761. The summed E-state index contributed by atoms with van der Waals surface area (Å²) in [5, 5.41) is 12.3. The second-order valence-electron chi connectivity index (χ2n) is 19.1. The standard InChI is InChI=1S/C46H76B8N5O14PS/c1-8-72-17-15-36(60)12-9-32(43(67)55-16-18-73-20-19-71-6)10-13-37(61)23-33(11-14-40(64)56-26-38(62)24-34(21-30(2)3)45(69)58-28-41(65)74(7)51)44(68)57-27-39(63)25-35(22-31(4)5)46(70)59-29-42(66)75(52-47,53-48)54(49)50/h30-35H,8-29H2,1-7H3,(H,55,67)(H,56,64)(H,57,68)(H,58,69)(H,59,70). The van der Waals surface area contributed by atoms with Crippen molar-refractivity contribution < 1.29 is 67.0 Å². The Bertz CT molecular complexity index is 2020.